The molecule has 2 aromatic carbocycles. The largest absolute Gasteiger partial charge is 0.496 e. The summed E-state index contributed by atoms with van der Waals surface area (Å²) in [7, 11) is 6.59. The first kappa shape index (κ1) is 26.3. The van der Waals surface area contributed by atoms with Gasteiger partial charge in [-0.05, 0) is 37.6 Å². The van der Waals surface area contributed by atoms with Gasteiger partial charge in [0.15, 0.2) is 17.5 Å². The second-order valence-corrected chi connectivity index (χ2v) is 7.27. The Hall–Kier alpha value is -2.95. The molecule has 0 aliphatic rings. The second kappa shape index (κ2) is 12.3. The van der Waals surface area contributed by atoms with Gasteiger partial charge in [0, 0.05) is 37.5 Å². The minimum atomic E-state index is 0. The number of para-hydroxylation sites is 1. The molecule has 0 saturated carbocycles. The number of aryl methyl sites for hydroxylation is 2. The minimum Gasteiger partial charge on any atom is -0.496 e. The van der Waals surface area contributed by atoms with Crippen molar-refractivity contribution >= 4 is 29.9 Å². The predicted octanol–water partition coefficient (Wildman–Crippen LogP) is 4.00. The van der Waals surface area contributed by atoms with Gasteiger partial charge in [-0.15, -0.1) is 24.0 Å². The molecule has 8 nitrogen and oxygen atoms in total. The molecule has 0 saturated heterocycles. The fourth-order valence-corrected chi connectivity index (χ4v) is 3.55. The molecule has 0 bridgehead atoms. The van der Waals surface area contributed by atoms with E-state index in [9.17, 15) is 0 Å². The van der Waals surface area contributed by atoms with Crippen LogP contribution in [0, 0.1) is 13.8 Å². The summed E-state index contributed by atoms with van der Waals surface area (Å²) in [4.78, 5) is 4.35. The number of rotatable bonds is 8. The third-order valence-corrected chi connectivity index (χ3v) is 5.13. The van der Waals surface area contributed by atoms with Gasteiger partial charge in [0.2, 0.25) is 0 Å². The molecular weight excluding hydrogens is 533 g/mol. The average molecular weight is 565 g/mol. The number of ether oxygens (including phenoxy) is 3. The van der Waals surface area contributed by atoms with Gasteiger partial charge < -0.3 is 24.8 Å². The molecule has 1 heterocycles. The molecule has 9 heteroatoms. The van der Waals surface area contributed by atoms with Gasteiger partial charge in [-0.1, -0.05) is 18.2 Å². The Morgan fingerprint density at radius 3 is 2.06 bits per heavy atom. The zero-order valence-electron chi connectivity index (χ0n) is 19.9. The van der Waals surface area contributed by atoms with Gasteiger partial charge in [0.1, 0.15) is 5.75 Å². The van der Waals surface area contributed by atoms with Crippen molar-refractivity contribution < 1.29 is 14.2 Å². The lowest BCUT2D eigenvalue weighted by atomic mass is 10.1. The first-order valence-corrected chi connectivity index (χ1v) is 10.4. The molecule has 2 N–H and O–H groups in total. The molecule has 0 unspecified atom stereocenters. The second-order valence-electron chi connectivity index (χ2n) is 7.27. The van der Waals surface area contributed by atoms with E-state index in [1.165, 1.54) is 0 Å². The molecule has 33 heavy (non-hydrogen) atoms. The molecule has 178 valence electrons. The van der Waals surface area contributed by atoms with Crippen molar-refractivity contribution in [2.24, 2.45) is 4.99 Å². The van der Waals surface area contributed by atoms with E-state index in [2.05, 4.69) is 45.8 Å². The third-order valence-electron chi connectivity index (χ3n) is 5.13. The number of halogens is 1. The standard InChI is InChI=1S/C24H31N5O3.HI/c1-16-11-17(2)29(28-16)20-10-8-7-9-18(20)14-26-24(25-3)27-15-19-12-22(31-5)23(32-6)13-21(19)30-4;/h7-13H,14-15H2,1-6H3,(H2,25,26,27);1H. The lowest BCUT2D eigenvalue weighted by Crippen LogP contribution is -2.36. The van der Waals surface area contributed by atoms with Gasteiger partial charge in [0.25, 0.3) is 0 Å². The number of nitrogens with one attached hydrogen (secondary N) is 2. The first-order valence-electron chi connectivity index (χ1n) is 10.4. The van der Waals surface area contributed by atoms with Crippen molar-refractivity contribution in [3.05, 3.63) is 65.0 Å². The van der Waals surface area contributed by atoms with E-state index in [1.54, 1.807) is 28.4 Å². The number of aliphatic imine (C=N–C) groups is 1. The number of guanidine groups is 1. The molecule has 3 aromatic rings. The van der Waals surface area contributed by atoms with Crippen molar-refractivity contribution in [2.75, 3.05) is 28.4 Å². The van der Waals surface area contributed by atoms with Gasteiger partial charge >= 0.3 is 0 Å². The minimum absolute atomic E-state index is 0. The van der Waals surface area contributed by atoms with E-state index in [4.69, 9.17) is 14.2 Å². The maximum Gasteiger partial charge on any atom is 0.191 e. The molecule has 0 amide bonds. The number of methoxy groups -OCH3 is 3. The summed E-state index contributed by atoms with van der Waals surface area (Å²) < 4.78 is 18.3. The van der Waals surface area contributed by atoms with Crippen molar-refractivity contribution in [1.82, 2.24) is 20.4 Å². The maximum absolute atomic E-state index is 5.51. The van der Waals surface area contributed by atoms with Crippen molar-refractivity contribution in [3.8, 4) is 22.9 Å². The van der Waals surface area contributed by atoms with Crippen LogP contribution in [-0.2, 0) is 13.1 Å². The average Bonchev–Trinajstić information content (AvgIpc) is 3.16. The summed E-state index contributed by atoms with van der Waals surface area (Å²) in [6.07, 6.45) is 0. The predicted molar refractivity (Wildman–Crippen MR) is 142 cm³/mol. The van der Waals surface area contributed by atoms with E-state index in [1.807, 2.05) is 35.9 Å². The fourth-order valence-electron chi connectivity index (χ4n) is 3.55. The monoisotopic (exact) mass is 565 g/mol. The van der Waals surface area contributed by atoms with Gasteiger partial charge in [-0.2, -0.15) is 5.10 Å². The summed E-state index contributed by atoms with van der Waals surface area (Å²) in [6, 6.07) is 14.0. The normalized spacial score (nSPS) is 10.9. The zero-order valence-corrected chi connectivity index (χ0v) is 22.3. The van der Waals surface area contributed by atoms with E-state index >= 15 is 0 Å². The first-order chi connectivity index (χ1) is 15.5. The summed E-state index contributed by atoms with van der Waals surface area (Å²) in [5, 5.41) is 11.3. The summed E-state index contributed by atoms with van der Waals surface area (Å²) >= 11 is 0. The Morgan fingerprint density at radius 1 is 0.879 bits per heavy atom. The summed E-state index contributed by atoms with van der Waals surface area (Å²) in [5.74, 6) is 2.65. The number of nitrogens with zero attached hydrogens (tertiary/aromatic N) is 3. The van der Waals surface area contributed by atoms with Crippen LogP contribution in [0.3, 0.4) is 0 Å². The van der Waals surface area contributed by atoms with Crippen LogP contribution in [0.1, 0.15) is 22.5 Å². The molecule has 0 spiro atoms. The molecular formula is C24H32IN5O3. The number of hydrogen-bond donors (Lipinski definition) is 2. The van der Waals surface area contributed by atoms with Crippen LogP contribution < -0.4 is 24.8 Å². The Labute approximate surface area is 212 Å². The zero-order chi connectivity index (χ0) is 23.1. The lowest BCUT2D eigenvalue weighted by Gasteiger charge is -2.17. The van der Waals surface area contributed by atoms with Gasteiger partial charge in [0.05, 0.1) is 32.7 Å². The fraction of sp³-hybridized carbons (Fsp3) is 0.333. The molecule has 0 atom stereocenters. The SMILES string of the molecule is CN=C(NCc1cc(OC)c(OC)cc1OC)NCc1ccccc1-n1nc(C)cc1C.I. The van der Waals surface area contributed by atoms with Crippen molar-refractivity contribution in [1.29, 1.82) is 0 Å². The Kier molecular flexibility index (Phi) is 9.83. The third kappa shape index (κ3) is 6.31. The van der Waals surface area contributed by atoms with Crippen molar-refractivity contribution in [2.45, 2.75) is 26.9 Å². The molecule has 0 fully saturated rings. The van der Waals surface area contributed by atoms with Gasteiger partial charge in [-0.25, -0.2) is 4.68 Å². The van der Waals surface area contributed by atoms with Crippen molar-refractivity contribution in [3.63, 3.8) is 0 Å². The lowest BCUT2D eigenvalue weighted by molar-refractivity contribution is 0.347. The molecule has 1 aromatic heterocycles. The van der Waals surface area contributed by atoms with E-state index in [0.717, 1.165) is 28.2 Å². The summed E-state index contributed by atoms with van der Waals surface area (Å²) in [6.45, 7) is 5.15. The maximum atomic E-state index is 5.51. The van der Waals surface area contributed by atoms with Crippen LogP contribution in [0.15, 0.2) is 47.5 Å². The van der Waals surface area contributed by atoms with Crippen LogP contribution in [0.2, 0.25) is 0 Å². The van der Waals surface area contributed by atoms with Crippen LogP contribution in [0.4, 0.5) is 0 Å². The highest BCUT2D eigenvalue weighted by Crippen LogP contribution is 2.34. The highest BCUT2D eigenvalue weighted by Gasteiger charge is 2.13. The van der Waals surface area contributed by atoms with Crippen LogP contribution in [0.5, 0.6) is 17.2 Å². The van der Waals surface area contributed by atoms with Crippen LogP contribution in [-0.4, -0.2) is 44.1 Å². The Morgan fingerprint density at radius 2 is 1.48 bits per heavy atom. The number of hydrogen-bond acceptors (Lipinski definition) is 5. The Bertz CT molecular complexity index is 1100. The smallest absolute Gasteiger partial charge is 0.191 e. The molecule has 0 radical (unpaired) electrons. The van der Waals surface area contributed by atoms with Gasteiger partial charge in [-0.3, -0.25) is 4.99 Å². The Balaban J connectivity index is 0.00000385. The number of benzene rings is 2. The van der Waals surface area contributed by atoms with E-state index in [0.29, 0.717) is 36.3 Å². The highest BCUT2D eigenvalue weighted by atomic mass is 127. The summed E-state index contributed by atoms with van der Waals surface area (Å²) in [5.41, 5.74) is 5.17. The highest BCUT2D eigenvalue weighted by molar-refractivity contribution is 14.0. The van der Waals surface area contributed by atoms with Crippen LogP contribution in [0.25, 0.3) is 5.69 Å². The van der Waals surface area contributed by atoms with Crippen LogP contribution >= 0.6 is 24.0 Å². The molecule has 0 aliphatic heterocycles. The topological polar surface area (TPSA) is 81.9 Å². The quantitative estimate of drug-likeness (QED) is 0.244. The number of aromatic nitrogens is 2. The van der Waals surface area contributed by atoms with E-state index < -0.39 is 0 Å². The molecule has 3 rings (SSSR count). The van der Waals surface area contributed by atoms with E-state index in [-0.39, 0.29) is 24.0 Å². The molecule has 0 aliphatic carbocycles.